The lowest BCUT2D eigenvalue weighted by Crippen LogP contribution is -2.10. The molecule has 4 nitrogen and oxygen atoms in total. The second kappa shape index (κ2) is 6.61. The number of nitrogens with zero attached hydrogens (tertiary/aromatic N) is 1. The summed E-state index contributed by atoms with van der Waals surface area (Å²) >= 11 is 0. The van der Waals surface area contributed by atoms with E-state index in [4.69, 9.17) is 15.2 Å². The molecule has 0 atom stereocenters. The van der Waals surface area contributed by atoms with Crippen molar-refractivity contribution in [1.82, 2.24) is 4.98 Å². The molecule has 2 aromatic rings. The summed E-state index contributed by atoms with van der Waals surface area (Å²) in [5.41, 5.74) is 6.21. The quantitative estimate of drug-likeness (QED) is 0.844. The number of rotatable bonds is 6. The number of para-hydroxylation sites is 1. The largest absolute Gasteiger partial charge is 0.491 e. The Hall–Kier alpha value is -2.07. The highest BCUT2D eigenvalue weighted by atomic mass is 16.5. The van der Waals surface area contributed by atoms with Crippen molar-refractivity contribution in [3.05, 3.63) is 54.4 Å². The van der Waals surface area contributed by atoms with Gasteiger partial charge in [-0.2, -0.15) is 0 Å². The van der Waals surface area contributed by atoms with Gasteiger partial charge in [-0.15, -0.1) is 0 Å². The molecule has 0 spiro atoms. The van der Waals surface area contributed by atoms with Gasteiger partial charge in [-0.1, -0.05) is 18.2 Å². The molecule has 1 aromatic carbocycles. The van der Waals surface area contributed by atoms with Crippen molar-refractivity contribution in [2.24, 2.45) is 5.73 Å². The van der Waals surface area contributed by atoms with Crippen molar-refractivity contribution >= 4 is 0 Å². The van der Waals surface area contributed by atoms with Gasteiger partial charge < -0.3 is 15.2 Å². The molecule has 0 aliphatic rings. The molecule has 0 unspecified atom stereocenters. The summed E-state index contributed by atoms with van der Waals surface area (Å²) in [6.07, 6.45) is 1.68. The highest BCUT2D eigenvalue weighted by molar-refractivity contribution is 5.22. The van der Waals surface area contributed by atoms with E-state index in [-0.39, 0.29) is 0 Å². The van der Waals surface area contributed by atoms with Gasteiger partial charge in [-0.05, 0) is 24.3 Å². The van der Waals surface area contributed by atoms with Gasteiger partial charge >= 0.3 is 0 Å². The van der Waals surface area contributed by atoms with Crippen molar-refractivity contribution in [2.75, 3.05) is 13.2 Å². The monoisotopic (exact) mass is 244 g/mol. The van der Waals surface area contributed by atoms with E-state index in [0.29, 0.717) is 19.8 Å². The Morgan fingerprint density at radius 2 is 1.78 bits per heavy atom. The van der Waals surface area contributed by atoms with E-state index in [2.05, 4.69) is 4.98 Å². The fraction of sp³-hybridized carbons (Fsp3) is 0.214. The van der Waals surface area contributed by atoms with Crippen LogP contribution in [0.15, 0.2) is 48.7 Å². The average molecular weight is 244 g/mol. The Bertz CT molecular complexity index is 457. The molecule has 18 heavy (non-hydrogen) atoms. The van der Waals surface area contributed by atoms with Crippen LogP contribution in [0.5, 0.6) is 11.5 Å². The zero-order valence-electron chi connectivity index (χ0n) is 10.1. The minimum absolute atomic E-state index is 0.446. The molecule has 0 bridgehead atoms. The Labute approximate surface area is 106 Å². The summed E-state index contributed by atoms with van der Waals surface area (Å²) in [5.74, 6) is 1.56. The van der Waals surface area contributed by atoms with Crippen LogP contribution in [0.3, 0.4) is 0 Å². The maximum absolute atomic E-state index is 5.59. The first kappa shape index (κ1) is 12.4. The number of nitrogens with two attached hydrogens (primary N) is 1. The van der Waals surface area contributed by atoms with Crippen LogP contribution in [-0.4, -0.2) is 18.1 Å². The van der Waals surface area contributed by atoms with Gasteiger partial charge in [0.2, 0.25) is 0 Å². The number of pyridine rings is 1. The molecular weight excluding hydrogens is 228 g/mol. The van der Waals surface area contributed by atoms with Crippen LogP contribution in [0, 0.1) is 0 Å². The molecule has 94 valence electrons. The molecular formula is C14H16N2O2. The van der Waals surface area contributed by atoms with Crippen molar-refractivity contribution in [3.63, 3.8) is 0 Å². The summed E-state index contributed by atoms with van der Waals surface area (Å²) < 4.78 is 10.9. The summed E-state index contributed by atoms with van der Waals surface area (Å²) in [5, 5.41) is 0. The first-order chi connectivity index (χ1) is 8.88. The summed E-state index contributed by atoms with van der Waals surface area (Å²) in [6, 6.07) is 13.4. The molecule has 4 heteroatoms. The lowest BCUT2D eigenvalue weighted by atomic mass is 10.3. The van der Waals surface area contributed by atoms with Gasteiger partial charge in [0, 0.05) is 6.54 Å². The van der Waals surface area contributed by atoms with Crippen LogP contribution in [0.1, 0.15) is 5.69 Å². The molecule has 0 radical (unpaired) electrons. The SMILES string of the molecule is NCCOc1ccc(COc2ccccc2)nc1. The first-order valence-corrected chi connectivity index (χ1v) is 5.84. The molecule has 2 N–H and O–H groups in total. The zero-order valence-corrected chi connectivity index (χ0v) is 10.1. The standard InChI is InChI=1S/C14H16N2O2/c15-8-9-17-14-7-6-12(16-10-14)11-18-13-4-2-1-3-5-13/h1-7,10H,8-9,11,15H2. The fourth-order valence-electron chi connectivity index (χ4n) is 1.43. The molecule has 2 rings (SSSR count). The molecule has 1 heterocycles. The van der Waals surface area contributed by atoms with Crippen molar-refractivity contribution < 1.29 is 9.47 Å². The minimum Gasteiger partial charge on any atom is -0.491 e. The topological polar surface area (TPSA) is 57.4 Å². The van der Waals surface area contributed by atoms with Gasteiger partial charge in [0.25, 0.3) is 0 Å². The van der Waals surface area contributed by atoms with Crippen LogP contribution in [0.25, 0.3) is 0 Å². The molecule has 0 amide bonds. The van der Waals surface area contributed by atoms with Crippen LogP contribution < -0.4 is 15.2 Å². The van der Waals surface area contributed by atoms with Crippen LogP contribution in [-0.2, 0) is 6.61 Å². The van der Waals surface area contributed by atoms with Gasteiger partial charge in [0.1, 0.15) is 24.7 Å². The Kier molecular flexibility index (Phi) is 4.55. The Morgan fingerprint density at radius 1 is 0.944 bits per heavy atom. The molecule has 0 fully saturated rings. The van der Waals surface area contributed by atoms with Gasteiger partial charge in [-0.3, -0.25) is 4.98 Å². The fourth-order valence-corrected chi connectivity index (χ4v) is 1.43. The van der Waals surface area contributed by atoms with E-state index in [1.807, 2.05) is 42.5 Å². The molecule has 1 aromatic heterocycles. The van der Waals surface area contributed by atoms with E-state index in [9.17, 15) is 0 Å². The van der Waals surface area contributed by atoms with Crippen molar-refractivity contribution in [2.45, 2.75) is 6.61 Å². The van der Waals surface area contributed by atoms with E-state index in [0.717, 1.165) is 17.2 Å². The first-order valence-electron chi connectivity index (χ1n) is 5.84. The van der Waals surface area contributed by atoms with Crippen LogP contribution >= 0.6 is 0 Å². The summed E-state index contributed by atoms with van der Waals surface area (Å²) in [4.78, 5) is 4.26. The third-order valence-corrected chi connectivity index (χ3v) is 2.31. The van der Waals surface area contributed by atoms with Gasteiger partial charge in [0.15, 0.2) is 0 Å². The third-order valence-electron chi connectivity index (χ3n) is 2.31. The highest BCUT2D eigenvalue weighted by Gasteiger charge is 1.98. The summed E-state index contributed by atoms with van der Waals surface area (Å²) in [6.45, 7) is 1.45. The van der Waals surface area contributed by atoms with E-state index in [1.165, 1.54) is 0 Å². The molecule has 0 saturated carbocycles. The number of benzene rings is 1. The van der Waals surface area contributed by atoms with Gasteiger partial charge in [-0.25, -0.2) is 0 Å². The zero-order chi connectivity index (χ0) is 12.6. The van der Waals surface area contributed by atoms with Gasteiger partial charge in [0.05, 0.1) is 11.9 Å². The normalized spacial score (nSPS) is 10.1. The summed E-state index contributed by atoms with van der Waals surface area (Å²) in [7, 11) is 0. The molecule has 0 aliphatic carbocycles. The highest BCUT2D eigenvalue weighted by Crippen LogP contribution is 2.13. The second-order valence-corrected chi connectivity index (χ2v) is 3.72. The number of hydrogen-bond donors (Lipinski definition) is 1. The predicted molar refractivity (Wildman–Crippen MR) is 69.6 cm³/mol. The number of hydrogen-bond acceptors (Lipinski definition) is 4. The van der Waals surface area contributed by atoms with Crippen molar-refractivity contribution in [1.29, 1.82) is 0 Å². The number of ether oxygens (including phenoxy) is 2. The second-order valence-electron chi connectivity index (χ2n) is 3.72. The third kappa shape index (κ3) is 3.75. The minimum atomic E-state index is 0.446. The lowest BCUT2D eigenvalue weighted by molar-refractivity contribution is 0.299. The van der Waals surface area contributed by atoms with E-state index in [1.54, 1.807) is 6.20 Å². The molecule has 0 aliphatic heterocycles. The maximum Gasteiger partial charge on any atom is 0.137 e. The Morgan fingerprint density at radius 3 is 2.44 bits per heavy atom. The lowest BCUT2D eigenvalue weighted by Gasteiger charge is -2.07. The smallest absolute Gasteiger partial charge is 0.137 e. The average Bonchev–Trinajstić information content (AvgIpc) is 2.45. The Balaban J connectivity index is 1.86. The van der Waals surface area contributed by atoms with Crippen LogP contribution in [0.2, 0.25) is 0 Å². The van der Waals surface area contributed by atoms with Crippen molar-refractivity contribution in [3.8, 4) is 11.5 Å². The van der Waals surface area contributed by atoms with Crippen LogP contribution in [0.4, 0.5) is 0 Å². The van der Waals surface area contributed by atoms with E-state index < -0.39 is 0 Å². The molecule has 0 saturated heterocycles. The number of aromatic nitrogens is 1. The van der Waals surface area contributed by atoms with E-state index >= 15 is 0 Å². The predicted octanol–water partition coefficient (Wildman–Crippen LogP) is 2.00. The maximum atomic E-state index is 5.59.